The fourth-order valence-electron chi connectivity index (χ4n) is 1.95. The lowest BCUT2D eigenvalue weighted by molar-refractivity contribution is 0.627. The highest BCUT2D eigenvalue weighted by Gasteiger charge is 2.08. The molecule has 1 aromatic carbocycles. The first-order valence-electron chi connectivity index (χ1n) is 5.58. The second-order valence-electron chi connectivity index (χ2n) is 4.03. The van der Waals surface area contributed by atoms with E-state index in [4.69, 9.17) is 11.6 Å². The summed E-state index contributed by atoms with van der Waals surface area (Å²) >= 11 is 5.96. The number of hydrogen-bond donors (Lipinski definition) is 0. The minimum absolute atomic E-state index is 0.166. The van der Waals surface area contributed by atoms with E-state index in [0.29, 0.717) is 11.1 Å². The summed E-state index contributed by atoms with van der Waals surface area (Å²) in [7, 11) is 0. The molecular formula is C14H8ClFN2O. The second-order valence-corrected chi connectivity index (χ2v) is 4.39. The van der Waals surface area contributed by atoms with Gasteiger partial charge in [0.25, 0.3) is 5.56 Å². The van der Waals surface area contributed by atoms with Gasteiger partial charge in [0.1, 0.15) is 11.0 Å². The van der Waals surface area contributed by atoms with Gasteiger partial charge in [-0.3, -0.25) is 9.36 Å². The van der Waals surface area contributed by atoms with Crippen LogP contribution in [0.25, 0.3) is 16.5 Å². The lowest BCUT2D eigenvalue weighted by Gasteiger charge is -2.07. The van der Waals surface area contributed by atoms with E-state index < -0.39 is 0 Å². The zero-order valence-corrected chi connectivity index (χ0v) is 10.4. The standard InChI is InChI=1S/C14H8ClFN2O/c15-13-12-9(5-7-17-13)6-8-18(14(12)19)11-3-1-10(16)2-4-11/h1-8H. The molecule has 0 N–H and O–H groups in total. The number of fused-ring (bicyclic) bond motifs is 1. The number of rotatable bonds is 1. The molecule has 2 heterocycles. The molecule has 19 heavy (non-hydrogen) atoms. The van der Waals surface area contributed by atoms with Crippen molar-refractivity contribution in [2.45, 2.75) is 0 Å². The maximum atomic E-state index is 12.9. The molecule has 0 amide bonds. The van der Waals surface area contributed by atoms with Crippen LogP contribution >= 0.6 is 11.6 Å². The quantitative estimate of drug-likeness (QED) is 0.639. The second kappa shape index (κ2) is 4.48. The molecule has 0 spiro atoms. The Morgan fingerprint density at radius 2 is 1.84 bits per heavy atom. The van der Waals surface area contributed by atoms with Crippen LogP contribution in [0.4, 0.5) is 4.39 Å². The zero-order valence-electron chi connectivity index (χ0n) is 9.68. The van der Waals surface area contributed by atoms with E-state index in [9.17, 15) is 9.18 Å². The molecule has 0 radical (unpaired) electrons. The number of benzene rings is 1. The Hall–Kier alpha value is -2.20. The van der Waals surface area contributed by atoms with Gasteiger partial charge in [0.05, 0.1) is 5.39 Å². The van der Waals surface area contributed by atoms with Crippen molar-refractivity contribution in [1.29, 1.82) is 0 Å². The van der Waals surface area contributed by atoms with Crippen LogP contribution in [0.5, 0.6) is 0 Å². The predicted molar refractivity (Wildman–Crippen MR) is 72.3 cm³/mol. The van der Waals surface area contributed by atoms with Gasteiger partial charge in [-0.05, 0) is 41.8 Å². The Morgan fingerprint density at radius 3 is 2.58 bits per heavy atom. The first-order chi connectivity index (χ1) is 9.16. The van der Waals surface area contributed by atoms with Crippen molar-refractivity contribution >= 4 is 22.4 Å². The van der Waals surface area contributed by atoms with Crippen LogP contribution in [0, 0.1) is 5.82 Å². The van der Waals surface area contributed by atoms with E-state index in [0.717, 1.165) is 5.39 Å². The first-order valence-corrected chi connectivity index (χ1v) is 5.96. The molecule has 0 saturated heterocycles. The van der Waals surface area contributed by atoms with Gasteiger partial charge in [0, 0.05) is 18.1 Å². The summed E-state index contributed by atoms with van der Waals surface area (Å²) in [6, 6.07) is 9.17. The van der Waals surface area contributed by atoms with Crippen molar-refractivity contribution in [1.82, 2.24) is 9.55 Å². The summed E-state index contributed by atoms with van der Waals surface area (Å²) < 4.78 is 14.3. The average Bonchev–Trinajstić information content (AvgIpc) is 2.40. The molecule has 5 heteroatoms. The summed E-state index contributed by atoms with van der Waals surface area (Å²) in [5.41, 5.74) is 0.301. The Kier molecular flexibility index (Phi) is 2.80. The minimum Gasteiger partial charge on any atom is -0.284 e. The molecule has 3 rings (SSSR count). The van der Waals surface area contributed by atoms with E-state index in [-0.39, 0.29) is 16.5 Å². The predicted octanol–water partition coefficient (Wildman–Crippen LogP) is 3.18. The number of nitrogens with zero attached hydrogens (tertiary/aromatic N) is 2. The third-order valence-corrected chi connectivity index (χ3v) is 3.16. The molecule has 0 fully saturated rings. The maximum Gasteiger partial charge on any atom is 0.266 e. The molecule has 0 aliphatic heterocycles. The summed E-state index contributed by atoms with van der Waals surface area (Å²) in [6.45, 7) is 0. The molecular weight excluding hydrogens is 267 g/mol. The van der Waals surface area contributed by atoms with Crippen molar-refractivity contribution in [3.63, 3.8) is 0 Å². The third kappa shape index (κ3) is 2.00. The lowest BCUT2D eigenvalue weighted by Crippen LogP contribution is -2.18. The van der Waals surface area contributed by atoms with Gasteiger partial charge in [0.2, 0.25) is 0 Å². The van der Waals surface area contributed by atoms with Crippen LogP contribution in [0.15, 0.2) is 53.6 Å². The van der Waals surface area contributed by atoms with E-state index in [2.05, 4.69) is 4.98 Å². The molecule has 2 aromatic heterocycles. The SMILES string of the molecule is O=c1c2c(Cl)nccc2ccn1-c1ccc(F)cc1. The number of halogens is 2. The van der Waals surface area contributed by atoms with Crippen LogP contribution in [0.1, 0.15) is 0 Å². The van der Waals surface area contributed by atoms with Crippen LogP contribution in [0.3, 0.4) is 0 Å². The van der Waals surface area contributed by atoms with E-state index in [1.54, 1.807) is 24.5 Å². The van der Waals surface area contributed by atoms with E-state index in [1.807, 2.05) is 0 Å². The summed E-state index contributed by atoms with van der Waals surface area (Å²) in [4.78, 5) is 16.3. The molecule has 94 valence electrons. The van der Waals surface area contributed by atoms with Gasteiger partial charge in [0.15, 0.2) is 0 Å². The monoisotopic (exact) mass is 274 g/mol. The smallest absolute Gasteiger partial charge is 0.266 e. The van der Waals surface area contributed by atoms with E-state index >= 15 is 0 Å². The highest BCUT2D eigenvalue weighted by atomic mass is 35.5. The summed E-state index contributed by atoms with van der Waals surface area (Å²) in [5.74, 6) is -0.350. The largest absolute Gasteiger partial charge is 0.284 e. The third-order valence-electron chi connectivity index (χ3n) is 2.88. The lowest BCUT2D eigenvalue weighted by atomic mass is 10.2. The van der Waals surface area contributed by atoms with Gasteiger partial charge in [-0.25, -0.2) is 9.37 Å². The molecule has 0 aliphatic rings. The van der Waals surface area contributed by atoms with Crippen LogP contribution in [-0.2, 0) is 0 Å². The molecule has 0 aliphatic carbocycles. The minimum atomic E-state index is -0.350. The van der Waals surface area contributed by atoms with Gasteiger partial charge in [-0.1, -0.05) is 11.6 Å². The van der Waals surface area contributed by atoms with Gasteiger partial charge in [-0.2, -0.15) is 0 Å². The van der Waals surface area contributed by atoms with Gasteiger partial charge >= 0.3 is 0 Å². The normalized spacial score (nSPS) is 10.8. The summed E-state index contributed by atoms with van der Waals surface area (Å²) in [5, 5.41) is 1.25. The molecule has 3 aromatic rings. The molecule has 0 atom stereocenters. The summed E-state index contributed by atoms with van der Waals surface area (Å²) in [6.07, 6.45) is 3.18. The van der Waals surface area contributed by atoms with Crippen LogP contribution in [0.2, 0.25) is 5.15 Å². The highest BCUT2D eigenvalue weighted by molar-refractivity contribution is 6.34. The van der Waals surface area contributed by atoms with Crippen LogP contribution in [-0.4, -0.2) is 9.55 Å². The zero-order chi connectivity index (χ0) is 13.4. The Balaban J connectivity index is 2.32. The first kappa shape index (κ1) is 11.9. The maximum absolute atomic E-state index is 12.9. The Morgan fingerprint density at radius 1 is 1.11 bits per heavy atom. The fraction of sp³-hybridized carbons (Fsp3) is 0. The average molecular weight is 275 g/mol. The number of pyridine rings is 2. The van der Waals surface area contributed by atoms with Crippen molar-refractivity contribution in [2.75, 3.05) is 0 Å². The molecule has 0 unspecified atom stereocenters. The Bertz CT molecular complexity index is 812. The van der Waals surface area contributed by atoms with E-state index in [1.165, 1.54) is 28.8 Å². The number of aromatic nitrogens is 2. The fourth-order valence-corrected chi connectivity index (χ4v) is 2.19. The van der Waals surface area contributed by atoms with Gasteiger partial charge < -0.3 is 0 Å². The van der Waals surface area contributed by atoms with Crippen molar-refractivity contribution in [3.05, 3.63) is 70.1 Å². The number of hydrogen-bond acceptors (Lipinski definition) is 2. The topological polar surface area (TPSA) is 34.9 Å². The van der Waals surface area contributed by atoms with Crippen molar-refractivity contribution in [3.8, 4) is 5.69 Å². The molecule has 0 bridgehead atoms. The molecule has 0 saturated carbocycles. The Labute approximate surface area is 112 Å². The van der Waals surface area contributed by atoms with Crippen molar-refractivity contribution in [2.24, 2.45) is 0 Å². The highest BCUT2D eigenvalue weighted by Crippen LogP contribution is 2.18. The van der Waals surface area contributed by atoms with Crippen molar-refractivity contribution < 1.29 is 4.39 Å². The van der Waals surface area contributed by atoms with Gasteiger partial charge in [-0.15, -0.1) is 0 Å². The molecule has 3 nitrogen and oxygen atoms in total. The van der Waals surface area contributed by atoms with Crippen LogP contribution < -0.4 is 5.56 Å².